The highest BCUT2D eigenvalue weighted by Crippen LogP contribution is 2.24. The number of nitrogens with one attached hydrogen (secondary N) is 1. The summed E-state index contributed by atoms with van der Waals surface area (Å²) in [5.74, 6) is -0.792. The van der Waals surface area contributed by atoms with Gasteiger partial charge in [0.05, 0.1) is 17.7 Å². The highest BCUT2D eigenvalue weighted by Gasteiger charge is 2.35. The van der Waals surface area contributed by atoms with Crippen molar-refractivity contribution in [2.45, 2.75) is 19.0 Å². The van der Waals surface area contributed by atoms with E-state index in [0.717, 1.165) is 12.0 Å². The summed E-state index contributed by atoms with van der Waals surface area (Å²) in [5, 5.41) is 3.03. The predicted octanol–water partition coefficient (Wildman–Crippen LogP) is 3.39. The predicted molar refractivity (Wildman–Crippen MR) is 127 cm³/mol. The lowest BCUT2D eigenvalue weighted by Gasteiger charge is -2.25. The van der Waals surface area contributed by atoms with Crippen LogP contribution in [0.25, 0.3) is 0 Å². The fourth-order valence-electron chi connectivity index (χ4n) is 4.01. The SMILES string of the molecule is CN(C)C(CNC(=O)c1cccc(CN2C(=O)c3ccccc3C2=O)c1)Cc1ccccc1. The molecule has 1 aliphatic rings. The molecule has 0 fully saturated rings. The molecule has 3 amide bonds. The Kier molecular flexibility index (Phi) is 6.66. The number of amides is 3. The number of imide groups is 1. The third-order valence-electron chi connectivity index (χ3n) is 5.95. The van der Waals surface area contributed by atoms with E-state index in [-0.39, 0.29) is 30.3 Å². The summed E-state index contributed by atoms with van der Waals surface area (Å²) < 4.78 is 0. The largest absolute Gasteiger partial charge is 0.350 e. The third kappa shape index (κ3) is 5.02. The molecular weight excluding hydrogens is 414 g/mol. The van der Waals surface area contributed by atoms with Crippen LogP contribution in [-0.2, 0) is 13.0 Å². The van der Waals surface area contributed by atoms with Crippen LogP contribution in [0.15, 0.2) is 78.9 Å². The molecule has 1 unspecified atom stereocenters. The molecule has 33 heavy (non-hydrogen) atoms. The molecule has 6 nitrogen and oxygen atoms in total. The first-order valence-electron chi connectivity index (χ1n) is 11.0. The molecule has 1 N–H and O–H groups in total. The number of likely N-dealkylation sites (N-methyl/N-ethyl adjacent to an activating group) is 1. The minimum Gasteiger partial charge on any atom is -0.350 e. The molecule has 0 aliphatic carbocycles. The Morgan fingerprint density at radius 3 is 2.09 bits per heavy atom. The monoisotopic (exact) mass is 441 g/mol. The van der Waals surface area contributed by atoms with Gasteiger partial charge in [0, 0.05) is 18.2 Å². The highest BCUT2D eigenvalue weighted by atomic mass is 16.2. The maximum Gasteiger partial charge on any atom is 0.261 e. The molecule has 0 bridgehead atoms. The van der Waals surface area contributed by atoms with Gasteiger partial charge in [-0.15, -0.1) is 0 Å². The first-order chi connectivity index (χ1) is 15.9. The lowest BCUT2D eigenvalue weighted by Crippen LogP contribution is -2.41. The molecule has 0 spiro atoms. The van der Waals surface area contributed by atoms with Gasteiger partial charge >= 0.3 is 0 Å². The van der Waals surface area contributed by atoms with Crippen LogP contribution in [0.2, 0.25) is 0 Å². The van der Waals surface area contributed by atoms with E-state index in [1.807, 2.05) is 38.4 Å². The topological polar surface area (TPSA) is 69.7 Å². The highest BCUT2D eigenvalue weighted by molar-refractivity contribution is 6.21. The summed E-state index contributed by atoms with van der Waals surface area (Å²) in [5.41, 5.74) is 3.29. The molecule has 0 radical (unpaired) electrons. The van der Waals surface area contributed by atoms with Gasteiger partial charge in [-0.2, -0.15) is 0 Å². The van der Waals surface area contributed by atoms with Crippen LogP contribution in [0.4, 0.5) is 0 Å². The zero-order valence-corrected chi connectivity index (χ0v) is 18.8. The van der Waals surface area contributed by atoms with Crippen molar-refractivity contribution in [3.63, 3.8) is 0 Å². The maximum absolute atomic E-state index is 12.8. The van der Waals surface area contributed by atoms with Crippen molar-refractivity contribution in [2.24, 2.45) is 0 Å². The molecule has 1 heterocycles. The van der Waals surface area contributed by atoms with Gasteiger partial charge in [0.25, 0.3) is 17.7 Å². The van der Waals surface area contributed by atoms with E-state index >= 15 is 0 Å². The summed E-state index contributed by atoms with van der Waals surface area (Å²) in [6, 6.07) is 24.2. The molecule has 168 valence electrons. The Balaban J connectivity index is 1.41. The van der Waals surface area contributed by atoms with Crippen molar-refractivity contribution in [1.29, 1.82) is 0 Å². The second kappa shape index (κ2) is 9.79. The van der Waals surface area contributed by atoms with Crippen LogP contribution >= 0.6 is 0 Å². The Morgan fingerprint density at radius 2 is 1.45 bits per heavy atom. The molecule has 0 aromatic heterocycles. The Hall–Kier alpha value is -3.77. The summed E-state index contributed by atoms with van der Waals surface area (Å²) in [4.78, 5) is 41.5. The Bertz CT molecular complexity index is 1140. The first-order valence-corrected chi connectivity index (χ1v) is 11.0. The molecule has 1 atom stereocenters. The standard InChI is InChI=1S/C27H27N3O3/c1-29(2)22(16-19-9-4-3-5-10-19)17-28-25(31)21-12-8-11-20(15-21)18-30-26(32)23-13-6-7-14-24(23)27(30)33/h3-15,22H,16-18H2,1-2H3,(H,28,31). The van der Waals surface area contributed by atoms with Gasteiger partial charge in [-0.25, -0.2) is 0 Å². The lowest BCUT2D eigenvalue weighted by molar-refractivity contribution is 0.0642. The van der Waals surface area contributed by atoms with Crippen molar-refractivity contribution < 1.29 is 14.4 Å². The average Bonchev–Trinajstić information content (AvgIpc) is 3.07. The van der Waals surface area contributed by atoms with E-state index in [0.29, 0.717) is 23.2 Å². The second-order valence-electron chi connectivity index (χ2n) is 8.46. The molecule has 6 heteroatoms. The summed E-state index contributed by atoms with van der Waals surface area (Å²) in [6.07, 6.45) is 0.827. The maximum atomic E-state index is 12.8. The van der Waals surface area contributed by atoms with E-state index < -0.39 is 0 Å². The molecule has 0 saturated heterocycles. The number of fused-ring (bicyclic) bond motifs is 1. The molecule has 3 aromatic rings. The molecule has 3 aromatic carbocycles. The number of nitrogens with zero attached hydrogens (tertiary/aromatic N) is 2. The fraction of sp³-hybridized carbons (Fsp3) is 0.222. The number of hydrogen-bond donors (Lipinski definition) is 1. The quantitative estimate of drug-likeness (QED) is 0.544. The zero-order valence-electron chi connectivity index (χ0n) is 18.8. The van der Waals surface area contributed by atoms with Crippen LogP contribution < -0.4 is 5.32 Å². The lowest BCUT2D eigenvalue weighted by atomic mass is 10.0. The van der Waals surface area contributed by atoms with Crippen molar-refractivity contribution in [1.82, 2.24) is 15.1 Å². The van der Waals surface area contributed by atoms with Crippen LogP contribution in [0.5, 0.6) is 0 Å². The van der Waals surface area contributed by atoms with Crippen molar-refractivity contribution in [3.05, 3.63) is 107 Å². The molecular formula is C27H27N3O3. The van der Waals surface area contributed by atoms with E-state index in [1.165, 1.54) is 10.5 Å². The van der Waals surface area contributed by atoms with Crippen molar-refractivity contribution in [3.8, 4) is 0 Å². The zero-order chi connectivity index (χ0) is 23.4. The van der Waals surface area contributed by atoms with Crippen LogP contribution in [0.1, 0.15) is 42.2 Å². The minimum atomic E-state index is -0.305. The van der Waals surface area contributed by atoms with Crippen molar-refractivity contribution in [2.75, 3.05) is 20.6 Å². The fourth-order valence-corrected chi connectivity index (χ4v) is 4.01. The summed E-state index contributed by atoms with van der Waals surface area (Å²) in [6.45, 7) is 0.630. The average molecular weight is 442 g/mol. The molecule has 4 rings (SSSR count). The van der Waals surface area contributed by atoms with Gasteiger partial charge in [0.1, 0.15) is 0 Å². The second-order valence-corrected chi connectivity index (χ2v) is 8.46. The number of hydrogen-bond acceptors (Lipinski definition) is 4. The van der Waals surface area contributed by atoms with Crippen LogP contribution in [0.3, 0.4) is 0 Å². The van der Waals surface area contributed by atoms with E-state index in [9.17, 15) is 14.4 Å². The number of rotatable bonds is 8. The smallest absolute Gasteiger partial charge is 0.261 e. The molecule has 1 aliphatic heterocycles. The van der Waals surface area contributed by atoms with Gasteiger partial charge in [0.15, 0.2) is 0 Å². The Morgan fingerprint density at radius 1 is 0.848 bits per heavy atom. The molecule has 0 saturated carbocycles. The van der Waals surface area contributed by atoms with Crippen LogP contribution in [-0.4, -0.2) is 54.2 Å². The minimum absolute atomic E-state index is 0.127. The van der Waals surface area contributed by atoms with Gasteiger partial charge in [-0.05, 0) is 55.9 Å². The Labute approximate surface area is 193 Å². The van der Waals surface area contributed by atoms with Gasteiger partial charge in [-0.3, -0.25) is 19.3 Å². The van der Waals surface area contributed by atoms with Crippen LogP contribution in [0, 0.1) is 0 Å². The summed E-state index contributed by atoms with van der Waals surface area (Å²) >= 11 is 0. The number of carbonyl (C=O) groups is 3. The van der Waals surface area contributed by atoms with Gasteiger partial charge in [0.2, 0.25) is 0 Å². The summed E-state index contributed by atoms with van der Waals surface area (Å²) in [7, 11) is 4.00. The third-order valence-corrected chi connectivity index (χ3v) is 5.95. The van der Waals surface area contributed by atoms with Gasteiger partial charge < -0.3 is 10.2 Å². The number of benzene rings is 3. The van der Waals surface area contributed by atoms with Gasteiger partial charge in [-0.1, -0.05) is 54.6 Å². The van der Waals surface area contributed by atoms with E-state index in [1.54, 1.807) is 42.5 Å². The first kappa shape index (κ1) is 22.4. The van der Waals surface area contributed by atoms with Crippen molar-refractivity contribution >= 4 is 17.7 Å². The normalized spacial score (nSPS) is 13.8. The van der Waals surface area contributed by atoms with E-state index in [4.69, 9.17) is 0 Å². The number of carbonyl (C=O) groups excluding carboxylic acids is 3. The van der Waals surface area contributed by atoms with E-state index in [2.05, 4.69) is 22.3 Å².